The van der Waals surface area contributed by atoms with Crippen LogP contribution in [0.25, 0.3) is 10.8 Å². The largest absolute Gasteiger partial charge is 0.493 e. The summed E-state index contributed by atoms with van der Waals surface area (Å²) in [6, 6.07) is 10.7. The first-order chi connectivity index (χ1) is 9.63. The number of ether oxygens (including phenoxy) is 1. The van der Waals surface area contributed by atoms with E-state index >= 15 is 0 Å². The zero-order chi connectivity index (χ0) is 14.5. The lowest BCUT2D eigenvalue weighted by molar-refractivity contribution is -0.135. The topological polar surface area (TPSA) is 75.6 Å². The summed E-state index contributed by atoms with van der Waals surface area (Å²) < 4.78 is 5.53. The quantitative estimate of drug-likeness (QED) is 0.874. The zero-order valence-electron chi connectivity index (χ0n) is 11.1. The molecule has 0 aliphatic carbocycles. The smallest absolute Gasteiger partial charge is 0.322 e. The highest BCUT2D eigenvalue weighted by atomic mass is 16.5. The van der Waals surface area contributed by atoms with Crippen molar-refractivity contribution < 1.29 is 19.4 Å². The van der Waals surface area contributed by atoms with Crippen molar-refractivity contribution in [2.45, 2.75) is 6.92 Å². The van der Waals surface area contributed by atoms with E-state index in [4.69, 9.17) is 9.84 Å². The predicted octanol–water partition coefficient (Wildman–Crippen LogP) is 2.05. The molecule has 0 saturated carbocycles. The normalized spacial score (nSPS) is 10.2. The number of carbonyl (C=O) groups excluding carboxylic acids is 1. The number of benzene rings is 2. The van der Waals surface area contributed by atoms with Gasteiger partial charge in [-0.05, 0) is 24.4 Å². The Morgan fingerprint density at radius 2 is 1.85 bits per heavy atom. The molecule has 104 valence electrons. The summed E-state index contributed by atoms with van der Waals surface area (Å²) in [7, 11) is 0. The minimum absolute atomic E-state index is 0.402. The van der Waals surface area contributed by atoms with Crippen LogP contribution in [-0.2, 0) is 4.79 Å². The maximum Gasteiger partial charge on any atom is 0.322 e. The fourth-order valence-electron chi connectivity index (χ4n) is 2.00. The second-order valence-electron chi connectivity index (χ2n) is 4.17. The fourth-order valence-corrected chi connectivity index (χ4v) is 2.00. The van der Waals surface area contributed by atoms with Crippen molar-refractivity contribution in [1.29, 1.82) is 0 Å². The van der Waals surface area contributed by atoms with E-state index in [2.05, 4.69) is 5.32 Å². The van der Waals surface area contributed by atoms with Crippen LogP contribution < -0.4 is 10.1 Å². The first-order valence-electron chi connectivity index (χ1n) is 6.28. The first kappa shape index (κ1) is 13.9. The zero-order valence-corrected chi connectivity index (χ0v) is 11.1. The van der Waals surface area contributed by atoms with Gasteiger partial charge in [-0.2, -0.15) is 0 Å². The van der Waals surface area contributed by atoms with Crippen LogP contribution in [0.5, 0.6) is 5.75 Å². The van der Waals surface area contributed by atoms with Gasteiger partial charge >= 0.3 is 5.97 Å². The van der Waals surface area contributed by atoms with Gasteiger partial charge < -0.3 is 15.2 Å². The van der Waals surface area contributed by atoms with Crippen molar-refractivity contribution in [3.8, 4) is 5.75 Å². The molecule has 0 bridgehead atoms. The van der Waals surface area contributed by atoms with Gasteiger partial charge in [-0.1, -0.05) is 24.3 Å². The molecule has 0 fully saturated rings. The van der Waals surface area contributed by atoms with Crippen molar-refractivity contribution in [1.82, 2.24) is 5.32 Å². The Morgan fingerprint density at radius 1 is 1.15 bits per heavy atom. The number of nitrogens with one attached hydrogen (secondary N) is 1. The highest BCUT2D eigenvalue weighted by Gasteiger charge is 2.13. The molecule has 1 amide bonds. The van der Waals surface area contributed by atoms with Crippen molar-refractivity contribution in [3.05, 3.63) is 42.0 Å². The molecule has 0 aliphatic rings. The van der Waals surface area contributed by atoms with E-state index < -0.39 is 18.4 Å². The number of fused-ring (bicyclic) bond motifs is 1. The second-order valence-corrected chi connectivity index (χ2v) is 4.17. The lowest BCUT2D eigenvalue weighted by Gasteiger charge is -2.11. The first-order valence-corrected chi connectivity index (χ1v) is 6.28. The Kier molecular flexibility index (Phi) is 4.20. The molecule has 0 atom stereocenters. The van der Waals surface area contributed by atoms with Crippen LogP contribution in [-0.4, -0.2) is 30.1 Å². The van der Waals surface area contributed by atoms with Crippen LogP contribution >= 0.6 is 0 Å². The minimum atomic E-state index is -1.08. The van der Waals surface area contributed by atoms with Crippen molar-refractivity contribution in [3.63, 3.8) is 0 Å². The number of hydrogen-bond acceptors (Lipinski definition) is 3. The van der Waals surface area contributed by atoms with Gasteiger partial charge in [0.15, 0.2) is 0 Å². The van der Waals surface area contributed by atoms with E-state index in [0.717, 1.165) is 10.8 Å². The monoisotopic (exact) mass is 273 g/mol. The summed E-state index contributed by atoms with van der Waals surface area (Å²) in [6.45, 7) is 2.02. The molecule has 0 unspecified atom stereocenters. The number of carboxylic acids is 1. The van der Waals surface area contributed by atoms with E-state index in [9.17, 15) is 9.59 Å². The van der Waals surface area contributed by atoms with E-state index in [1.165, 1.54) is 0 Å². The predicted molar refractivity (Wildman–Crippen MR) is 75.1 cm³/mol. The Hall–Kier alpha value is -2.56. The standard InChI is InChI=1S/C15H15NO4/c1-2-20-13-8-7-12(15(19)16-9-14(17)18)10-5-3-4-6-11(10)13/h3-8H,2,9H2,1H3,(H,16,19)(H,17,18). The summed E-state index contributed by atoms with van der Waals surface area (Å²) in [6.07, 6.45) is 0. The fraction of sp³-hybridized carbons (Fsp3) is 0.200. The Labute approximate surface area is 116 Å². The molecule has 5 heteroatoms. The second kappa shape index (κ2) is 6.06. The molecule has 20 heavy (non-hydrogen) atoms. The Balaban J connectivity index is 2.42. The number of hydrogen-bond donors (Lipinski definition) is 2. The van der Waals surface area contributed by atoms with E-state index in [1.54, 1.807) is 12.1 Å². The number of carbonyl (C=O) groups is 2. The molecular weight excluding hydrogens is 258 g/mol. The molecule has 0 radical (unpaired) electrons. The lowest BCUT2D eigenvalue weighted by Crippen LogP contribution is -2.29. The van der Waals surface area contributed by atoms with E-state index in [1.807, 2.05) is 31.2 Å². The number of amides is 1. The minimum Gasteiger partial charge on any atom is -0.493 e. The van der Waals surface area contributed by atoms with Crippen LogP contribution in [0, 0.1) is 0 Å². The summed E-state index contributed by atoms with van der Waals surface area (Å²) in [5.41, 5.74) is 0.435. The van der Waals surface area contributed by atoms with Crippen molar-refractivity contribution >= 4 is 22.6 Å². The summed E-state index contributed by atoms with van der Waals surface area (Å²) in [4.78, 5) is 22.5. The third-order valence-electron chi connectivity index (χ3n) is 2.83. The molecule has 2 aromatic rings. The van der Waals surface area contributed by atoms with Crippen LogP contribution in [0.3, 0.4) is 0 Å². The molecule has 2 aromatic carbocycles. The molecule has 0 spiro atoms. The van der Waals surface area contributed by atoms with Gasteiger partial charge in [-0.3, -0.25) is 9.59 Å². The third-order valence-corrected chi connectivity index (χ3v) is 2.83. The average molecular weight is 273 g/mol. The molecule has 2 N–H and O–H groups in total. The maximum absolute atomic E-state index is 12.0. The van der Waals surface area contributed by atoms with Crippen LogP contribution in [0.1, 0.15) is 17.3 Å². The molecule has 2 rings (SSSR count). The maximum atomic E-state index is 12.0. The van der Waals surface area contributed by atoms with Gasteiger partial charge in [0.25, 0.3) is 5.91 Å². The van der Waals surface area contributed by atoms with Gasteiger partial charge in [0.05, 0.1) is 6.61 Å². The summed E-state index contributed by atoms with van der Waals surface area (Å²) in [5, 5.41) is 12.5. The lowest BCUT2D eigenvalue weighted by atomic mass is 10.0. The van der Waals surface area contributed by atoms with Gasteiger partial charge in [0, 0.05) is 10.9 Å². The molecule has 0 heterocycles. The van der Waals surface area contributed by atoms with Crippen LogP contribution in [0.4, 0.5) is 0 Å². The molecule has 0 saturated heterocycles. The SMILES string of the molecule is CCOc1ccc(C(=O)NCC(=O)O)c2ccccc12. The van der Waals surface area contributed by atoms with Gasteiger partial charge in [-0.25, -0.2) is 0 Å². The number of aliphatic carboxylic acids is 1. The van der Waals surface area contributed by atoms with E-state index in [-0.39, 0.29) is 0 Å². The molecule has 0 aromatic heterocycles. The Morgan fingerprint density at radius 3 is 2.50 bits per heavy atom. The van der Waals surface area contributed by atoms with Gasteiger partial charge in [0.2, 0.25) is 0 Å². The highest BCUT2D eigenvalue weighted by Crippen LogP contribution is 2.28. The van der Waals surface area contributed by atoms with Gasteiger partial charge in [0.1, 0.15) is 12.3 Å². The number of rotatable bonds is 5. The van der Waals surface area contributed by atoms with Crippen LogP contribution in [0.2, 0.25) is 0 Å². The number of carboxylic acid groups (broad SMARTS) is 1. The summed E-state index contributed by atoms with van der Waals surface area (Å²) in [5.74, 6) is -0.780. The molecule has 5 nitrogen and oxygen atoms in total. The van der Waals surface area contributed by atoms with Gasteiger partial charge in [-0.15, -0.1) is 0 Å². The average Bonchev–Trinajstić information content (AvgIpc) is 2.45. The van der Waals surface area contributed by atoms with E-state index in [0.29, 0.717) is 17.9 Å². The molecule has 0 aliphatic heterocycles. The van der Waals surface area contributed by atoms with Crippen molar-refractivity contribution in [2.24, 2.45) is 0 Å². The Bertz CT molecular complexity index is 651. The third kappa shape index (κ3) is 2.88. The van der Waals surface area contributed by atoms with Crippen LogP contribution in [0.15, 0.2) is 36.4 Å². The summed E-state index contributed by atoms with van der Waals surface area (Å²) >= 11 is 0. The molecular formula is C15H15NO4. The van der Waals surface area contributed by atoms with Crippen molar-refractivity contribution in [2.75, 3.05) is 13.2 Å². The highest BCUT2D eigenvalue weighted by molar-refractivity contribution is 6.09.